The van der Waals surface area contributed by atoms with E-state index < -0.39 is 5.09 Å². The molecule has 0 bridgehead atoms. The minimum atomic E-state index is -1.50. The molecule has 0 radical (unpaired) electrons. The van der Waals surface area contributed by atoms with Crippen LogP contribution in [-0.4, -0.2) is 113 Å². The van der Waals surface area contributed by atoms with E-state index in [1.807, 2.05) is 0 Å². The molecular formula is H13Ca2NO8+2. The Morgan fingerprint density at radius 3 is 1.00 bits per heavy atom. The first-order chi connectivity index (χ1) is 1.73. The predicted octanol–water partition coefficient (Wildman–Crippen LogP) is -5.77. The predicted molar refractivity (Wildman–Crippen MR) is 41.1 cm³/mol. The van der Waals surface area contributed by atoms with Crippen molar-refractivity contribution < 1.29 is 37.7 Å². The Bertz CT molecular complexity index is 35.1. The summed E-state index contributed by atoms with van der Waals surface area (Å²) in [6.45, 7) is 0. The summed E-state index contributed by atoms with van der Waals surface area (Å²) in [4.78, 5) is 8.36. The van der Waals surface area contributed by atoms with Gasteiger partial charge in [-0.15, -0.1) is 10.1 Å². The van der Waals surface area contributed by atoms with Crippen molar-refractivity contribution in [1.82, 2.24) is 0 Å². The zero-order valence-electron chi connectivity index (χ0n) is 4.92. The third kappa shape index (κ3) is 452. The van der Waals surface area contributed by atoms with Crippen LogP contribution in [-0.2, 0) is 0 Å². The Balaban J connectivity index is -0.00000000214. The molecule has 0 fully saturated rings. The van der Waals surface area contributed by atoms with Gasteiger partial charge in [0, 0.05) is 0 Å². The molecule has 0 amide bonds. The first-order valence-electron chi connectivity index (χ1n) is 0.565. The van der Waals surface area contributed by atoms with Crippen LogP contribution in [0.2, 0.25) is 0 Å². The van der Waals surface area contributed by atoms with Gasteiger partial charge in [0.2, 0.25) is 0 Å². The third-order valence-corrected chi connectivity index (χ3v) is 0. The molecule has 0 saturated heterocycles. The second-order valence-corrected chi connectivity index (χ2v) is 0.238. The molecule has 11 N–H and O–H groups in total. The molecule has 11 heteroatoms. The van der Waals surface area contributed by atoms with Crippen LogP contribution in [0.25, 0.3) is 0 Å². The number of hydrogen-bond donors (Lipinski definition) is 1. The van der Waals surface area contributed by atoms with E-state index in [1.54, 1.807) is 0 Å². The Labute approximate surface area is 121 Å². The molecule has 0 aliphatic heterocycles. The summed E-state index contributed by atoms with van der Waals surface area (Å²) in [7, 11) is 0. The molecule has 0 unspecified atom stereocenters. The van der Waals surface area contributed by atoms with Crippen molar-refractivity contribution in [2.45, 2.75) is 0 Å². The van der Waals surface area contributed by atoms with Crippen molar-refractivity contribution in [3.8, 4) is 0 Å². The summed E-state index contributed by atoms with van der Waals surface area (Å²) in [6.07, 6.45) is 0. The molecule has 68 valence electrons. The second-order valence-electron chi connectivity index (χ2n) is 0.238. The molecule has 0 rings (SSSR count). The summed E-state index contributed by atoms with van der Waals surface area (Å²) in [5, 5.41) is 13.6. The van der Waals surface area contributed by atoms with Gasteiger partial charge in [0.05, 0.1) is 0 Å². The Morgan fingerprint density at radius 1 is 1.00 bits per heavy atom. The van der Waals surface area contributed by atoms with E-state index >= 15 is 0 Å². The van der Waals surface area contributed by atoms with Gasteiger partial charge >= 0.3 is 75.5 Å². The average Bonchev–Trinajstić information content (AvgIpc) is 0.811. The van der Waals surface area contributed by atoms with Gasteiger partial charge in [-0.3, -0.25) is 0 Å². The molecule has 0 aromatic carbocycles. The van der Waals surface area contributed by atoms with Gasteiger partial charge in [0.25, 0.3) is 5.09 Å². The third-order valence-electron chi connectivity index (χ3n) is 0. The topological polar surface area (TPSA) is 221 Å². The molecule has 0 heterocycles. The van der Waals surface area contributed by atoms with E-state index in [-0.39, 0.29) is 103 Å². The fourth-order valence-corrected chi connectivity index (χ4v) is 0. The van der Waals surface area contributed by atoms with E-state index in [9.17, 15) is 0 Å². The van der Waals surface area contributed by atoms with Crippen LogP contribution in [0.1, 0.15) is 0 Å². The fraction of sp³-hybridized carbons (Fsp3) is 0. The van der Waals surface area contributed by atoms with Crippen LogP contribution in [0.15, 0.2) is 0 Å². The minimum absolute atomic E-state index is 0. The van der Waals surface area contributed by atoms with Crippen LogP contribution in [0, 0.1) is 10.1 Å². The van der Waals surface area contributed by atoms with Gasteiger partial charge in [0.15, 0.2) is 0 Å². The molecule has 0 spiro atoms. The Kier molecular flexibility index (Phi) is 461. The maximum atomic E-state index is 8.36. The van der Waals surface area contributed by atoms with Crippen molar-refractivity contribution in [2.24, 2.45) is 0 Å². The van der Waals surface area contributed by atoms with Gasteiger partial charge in [-0.05, 0) is 0 Å². The summed E-state index contributed by atoms with van der Waals surface area (Å²) in [5.41, 5.74) is 0. The zero-order chi connectivity index (χ0) is 3.58. The molecule has 0 aliphatic rings. The van der Waals surface area contributed by atoms with Crippen LogP contribution < -0.4 is 0 Å². The zero-order valence-corrected chi connectivity index (χ0v) is 7.13. The molecule has 0 aliphatic carbocycles. The molecule has 0 atom stereocenters. The van der Waals surface area contributed by atoms with Crippen LogP contribution >= 0.6 is 0 Å². The van der Waals surface area contributed by atoms with Crippen LogP contribution in [0.3, 0.4) is 0 Å². The van der Waals surface area contributed by atoms with Gasteiger partial charge in [-0.2, -0.15) is 0 Å². The van der Waals surface area contributed by atoms with Crippen molar-refractivity contribution >= 4 is 75.5 Å². The Hall–Kier alpha value is 1.52. The summed E-state index contributed by atoms with van der Waals surface area (Å²) >= 11 is 0. The maximum absolute atomic E-state index is 8.36. The molecule has 9 nitrogen and oxygen atoms in total. The number of hydrogen-bond acceptors (Lipinski definition) is 2. The van der Waals surface area contributed by atoms with Gasteiger partial charge in [-0.25, -0.2) is 0 Å². The fourth-order valence-electron chi connectivity index (χ4n) is 0. The Morgan fingerprint density at radius 2 is 1.00 bits per heavy atom. The monoisotopic (exact) mass is 235 g/mol. The summed E-state index contributed by atoms with van der Waals surface area (Å²) < 4.78 is 0. The van der Waals surface area contributed by atoms with E-state index in [0.717, 1.165) is 0 Å². The first kappa shape index (κ1) is 81.3. The van der Waals surface area contributed by atoms with Crippen LogP contribution in [0.5, 0.6) is 0 Å². The summed E-state index contributed by atoms with van der Waals surface area (Å²) in [6, 6.07) is 0. The average molecular weight is 235 g/mol. The molecule has 11 heavy (non-hydrogen) atoms. The standard InChI is InChI=1S/2Ca.HNO3.5H2O.2H/c;;2-1(3)4;;;;;;;/h;;(H,2,3,4);5*1H2;;/q;+2;;;;;;;;. The van der Waals surface area contributed by atoms with Gasteiger partial charge < -0.3 is 32.6 Å². The normalized spacial score (nSPS) is 2.18. The van der Waals surface area contributed by atoms with E-state index in [0.29, 0.717) is 0 Å². The van der Waals surface area contributed by atoms with Crippen LogP contribution in [0.4, 0.5) is 0 Å². The second kappa shape index (κ2) is 62.4. The van der Waals surface area contributed by atoms with Crippen molar-refractivity contribution in [3.63, 3.8) is 0 Å². The van der Waals surface area contributed by atoms with Crippen molar-refractivity contribution in [1.29, 1.82) is 0 Å². The van der Waals surface area contributed by atoms with Crippen molar-refractivity contribution in [2.75, 3.05) is 0 Å². The van der Waals surface area contributed by atoms with E-state index in [1.165, 1.54) is 0 Å². The molecule has 0 saturated carbocycles. The summed E-state index contributed by atoms with van der Waals surface area (Å²) in [5.74, 6) is 0. The number of rotatable bonds is 0. The molecule has 0 aromatic heterocycles. The number of nitrogens with zero attached hydrogens (tertiary/aromatic N) is 1. The van der Waals surface area contributed by atoms with E-state index in [2.05, 4.69) is 0 Å². The quantitative estimate of drug-likeness (QED) is 0.246. The first-order valence-corrected chi connectivity index (χ1v) is 0.565. The molecule has 0 aromatic rings. The molecular weight excluding hydrogens is 222 g/mol. The van der Waals surface area contributed by atoms with Gasteiger partial charge in [-0.1, -0.05) is 0 Å². The van der Waals surface area contributed by atoms with Gasteiger partial charge in [0.1, 0.15) is 0 Å². The van der Waals surface area contributed by atoms with Crippen molar-refractivity contribution in [3.05, 3.63) is 10.1 Å². The van der Waals surface area contributed by atoms with E-state index in [4.69, 9.17) is 15.3 Å². The SMILES string of the molecule is O.O.O.O.O.O=[N+]([O-])O.[Ca+2].[CaH2].